The minimum atomic E-state index is -0.627. The molecule has 1 fully saturated rings. The van der Waals surface area contributed by atoms with Crippen LogP contribution in [0, 0.1) is 0 Å². The zero-order valence-corrected chi connectivity index (χ0v) is 16.5. The van der Waals surface area contributed by atoms with Crippen molar-refractivity contribution < 1.29 is 19.1 Å². The number of anilines is 2. The van der Waals surface area contributed by atoms with Crippen LogP contribution in [0.4, 0.5) is 11.8 Å². The molecule has 0 unspecified atom stereocenters. The number of primary amides is 1. The number of fused-ring (bicyclic) bond motifs is 1. The Labute approximate surface area is 168 Å². The van der Waals surface area contributed by atoms with Crippen molar-refractivity contribution >= 4 is 46.9 Å². The third-order valence-corrected chi connectivity index (χ3v) is 4.46. The van der Waals surface area contributed by atoms with Gasteiger partial charge < -0.3 is 30.7 Å². The summed E-state index contributed by atoms with van der Waals surface area (Å²) < 4.78 is 10.6. The summed E-state index contributed by atoms with van der Waals surface area (Å²) in [5.74, 6) is 1.03. The molecule has 10 nitrogen and oxygen atoms in total. The molecule has 2 heterocycles. The van der Waals surface area contributed by atoms with Crippen molar-refractivity contribution in [2.75, 3.05) is 51.0 Å². The van der Waals surface area contributed by atoms with Crippen LogP contribution in [-0.2, 0) is 9.59 Å². The zero-order valence-electron chi connectivity index (χ0n) is 15.7. The van der Waals surface area contributed by atoms with Gasteiger partial charge in [0.25, 0.3) is 0 Å². The van der Waals surface area contributed by atoms with E-state index in [2.05, 4.69) is 9.97 Å². The van der Waals surface area contributed by atoms with Gasteiger partial charge in [-0.3, -0.25) is 9.59 Å². The van der Waals surface area contributed by atoms with Gasteiger partial charge in [-0.1, -0.05) is 0 Å². The lowest BCUT2D eigenvalue weighted by molar-refractivity contribution is -0.135. The highest BCUT2D eigenvalue weighted by molar-refractivity contribution is 5.96. The number of halogens is 1. The minimum Gasteiger partial charge on any atom is -0.493 e. The summed E-state index contributed by atoms with van der Waals surface area (Å²) in [6.45, 7) is 1.98. The Morgan fingerprint density at radius 2 is 1.68 bits per heavy atom. The first-order chi connectivity index (χ1) is 12.9. The van der Waals surface area contributed by atoms with E-state index in [1.54, 1.807) is 31.3 Å². The maximum atomic E-state index is 11.9. The number of hydrogen-bond acceptors (Lipinski definition) is 8. The summed E-state index contributed by atoms with van der Waals surface area (Å²) >= 11 is 0. The van der Waals surface area contributed by atoms with Crippen LogP contribution in [0.15, 0.2) is 12.1 Å². The predicted octanol–water partition coefficient (Wildman–Crippen LogP) is 0.175. The van der Waals surface area contributed by atoms with Crippen LogP contribution >= 0.6 is 12.4 Å². The first-order valence-electron chi connectivity index (χ1n) is 8.43. The Kier molecular flexibility index (Phi) is 6.68. The number of nitrogens with two attached hydrogens (primary N) is 2. The highest BCUT2D eigenvalue weighted by Gasteiger charge is 2.24. The average molecular weight is 411 g/mol. The number of nitrogens with zero attached hydrogens (tertiary/aromatic N) is 4. The molecule has 4 N–H and O–H groups in total. The molecule has 28 heavy (non-hydrogen) atoms. The zero-order chi connectivity index (χ0) is 19.6. The minimum absolute atomic E-state index is 0. The van der Waals surface area contributed by atoms with Crippen LogP contribution in [0.25, 0.3) is 10.9 Å². The lowest BCUT2D eigenvalue weighted by atomic mass is 10.2. The normalized spacial score (nSPS) is 13.8. The van der Waals surface area contributed by atoms with Gasteiger partial charge in [0.1, 0.15) is 12.2 Å². The number of aromatic nitrogens is 2. The Morgan fingerprint density at radius 3 is 2.25 bits per heavy atom. The quantitative estimate of drug-likeness (QED) is 0.665. The number of benzene rings is 1. The molecule has 2 aromatic rings. The second-order valence-electron chi connectivity index (χ2n) is 6.14. The smallest absolute Gasteiger partial charge is 0.232 e. The fourth-order valence-corrected chi connectivity index (χ4v) is 3.02. The van der Waals surface area contributed by atoms with Crippen LogP contribution in [0.2, 0.25) is 0 Å². The lowest BCUT2D eigenvalue weighted by Crippen LogP contribution is -2.49. The molecule has 152 valence electrons. The number of methoxy groups -OCH3 is 2. The van der Waals surface area contributed by atoms with E-state index in [4.69, 9.17) is 20.9 Å². The van der Waals surface area contributed by atoms with Crippen molar-refractivity contribution in [2.45, 2.75) is 6.42 Å². The van der Waals surface area contributed by atoms with Crippen LogP contribution in [0.3, 0.4) is 0 Å². The van der Waals surface area contributed by atoms with Crippen LogP contribution < -0.4 is 25.8 Å². The second-order valence-corrected chi connectivity index (χ2v) is 6.14. The fourth-order valence-electron chi connectivity index (χ4n) is 3.02. The molecule has 0 saturated carbocycles. The highest BCUT2D eigenvalue weighted by atomic mass is 35.5. The molecular formula is C17H23ClN6O4. The molecule has 0 aliphatic carbocycles. The molecule has 1 saturated heterocycles. The largest absolute Gasteiger partial charge is 0.493 e. The average Bonchev–Trinajstić information content (AvgIpc) is 2.66. The molecule has 0 atom stereocenters. The number of rotatable bonds is 5. The molecule has 0 bridgehead atoms. The monoisotopic (exact) mass is 410 g/mol. The van der Waals surface area contributed by atoms with Crippen LogP contribution in [0.1, 0.15) is 6.42 Å². The molecular weight excluding hydrogens is 388 g/mol. The Morgan fingerprint density at radius 1 is 1.07 bits per heavy atom. The Balaban J connectivity index is 0.00000280. The van der Waals surface area contributed by atoms with Gasteiger partial charge in [0.15, 0.2) is 11.5 Å². The van der Waals surface area contributed by atoms with E-state index in [9.17, 15) is 9.59 Å². The van der Waals surface area contributed by atoms with Gasteiger partial charge in [-0.2, -0.15) is 4.98 Å². The van der Waals surface area contributed by atoms with Crippen LogP contribution in [-0.4, -0.2) is 67.1 Å². The first-order valence-corrected chi connectivity index (χ1v) is 8.43. The maximum absolute atomic E-state index is 11.9. The molecule has 1 aliphatic heterocycles. The maximum Gasteiger partial charge on any atom is 0.232 e. The van der Waals surface area contributed by atoms with E-state index in [-0.39, 0.29) is 24.7 Å². The van der Waals surface area contributed by atoms with Crippen molar-refractivity contribution in [3.63, 3.8) is 0 Å². The number of carbonyl (C=O) groups excluding carboxylic acids is 2. The summed E-state index contributed by atoms with van der Waals surface area (Å²) in [5.41, 5.74) is 11.8. The number of carbonyl (C=O) groups is 2. The molecule has 3 rings (SSSR count). The van der Waals surface area contributed by atoms with Gasteiger partial charge >= 0.3 is 0 Å². The van der Waals surface area contributed by atoms with Crippen molar-refractivity contribution in [3.05, 3.63) is 12.1 Å². The summed E-state index contributed by atoms with van der Waals surface area (Å²) in [4.78, 5) is 35.4. The van der Waals surface area contributed by atoms with Gasteiger partial charge in [-0.05, 0) is 6.07 Å². The third kappa shape index (κ3) is 4.28. The van der Waals surface area contributed by atoms with E-state index in [1.165, 1.54) is 0 Å². The van der Waals surface area contributed by atoms with E-state index in [1.807, 2.05) is 4.90 Å². The van der Waals surface area contributed by atoms with Gasteiger partial charge in [-0.15, -0.1) is 12.4 Å². The number of ether oxygens (including phenoxy) is 2. The second kappa shape index (κ2) is 8.79. The molecule has 1 aromatic carbocycles. The topological polar surface area (TPSA) is 137 Å². The number of amides is 2. The van der Waals surface area contributed by atoms with Gasteiger partial charge in [-0.25, -0.2) is 4.98 Å². The van der Waals surface area contributed by atoms with Crippen LogP contribution in [0.5, 0.6) is 11.5 Å². The van der Waals surface area contributed by atoms with Gasteiger partial charge in [0.2, 0.25) is 17.8 Å². The molecule has 0 radical (unpaired) electrons. The molecule has 2 amide bonds. The fraction of sp³-hybridized carbons (Fsp3) is 0.412. The third-order valence-electron chi connectivity index (χ3n) is 4.46. The summed E-state index contributed by atoms with van der Waals surface area (Å²) in [6, 6.07) is 3.50. The van der Waals surface area contributed by atoms with E-state index in [0.717, 1.165) is 0 Å². The summed E-state index contributed by atoms with van der Waals surface area (Å²) in [5, 5.41) is 0.673. The Hall–Kier alpha value is -3.01. The van der Waals surface area contributed by atoms with Crippen molar-refractivity contribution in [1.82, 2.24) is 14.9 Å². The SMILES string of the molecule is COc1cc2nc(N3CCN(C(=O)CC(N)=O)CC3)nc(N)c2cc1OC.Cl. The number of piperazine rings is 1. The number of nitrogen functional groups attached to an aromatic ring is 1. The molecule has 1 aromatic heterocycles. The highest BCUT2D eigenvalue weighted by Crippen LogP contribution is 2.34. The standard InChI is InChI=1S/C17H22N6O4.ClH/c1-26-12-7-10-11(8-13(12)27-2)20-17(21-16(10)19)23-5-3-22(4-6-23)15(25)9-14(18)24;/h7-8H,3-6,9H2,1-2H3,(H2,18,24)(H2,19,20,21);1H. The van der Waals surface area contributed by atoms with Gasteiger partial charge in [0.05, 0.1) is 19.7 Å². The van der Waals surface area contributed by atoms with Gasteiger partial charge in [0, 0.05) is 37.6 Å². The predicted molar refractivity (Wildman–Crippen MR) is 107 cm³/mol. The van der Waals surface area contributed by atoms with Crippen molar-refractivity contribution in [3.8, 4) is 11.5 Å². The molecule has 1 aliphatic rings. The number of hydrogen-bond donors (Lipinski definition) is 2. The Bertz CT molecular complexity index is 886. The first kappa shape index (κ1) is 21.3. The molecule has 0 spiro atoms. The van der Waals surface area contributed by atoms with E-state index < -0.39 is 5.91 Å². The van der Waals surface area contributed by atoms with E-state index >= 15 is 0 Å². The van der Waals surface area contributed by atoms with Crippen molar-refractivity contribution in [2.24, 2.45) is 5.73 Å². The summed E-state index contributed by atoms with van der Waals surface area (Å²) in [6.07, 6.45) is -0.277. The molecule has 11 heteroatoms. The van der Waals surface area contributed by atoms with E-state index in [0.29, 0.717) is 60.3 Å². The van der Waals surface area contributed by atoms with Crippen molar-refractivity contribution in [1.29, 1.82) is 0 Å². The summed E-state index contributed by atoms with van der Waals surface area (Å²) in [7, 11) is 3.10. The lowest BCUT2D eigenvalue weighted by Gasteiger charge is -2.34.